The van der Waals surface area contributed by atoms with Crippen LogP contribution in [0.4, 0.5) is 0 Å². The zero-order valence-corrected chi connectivity index (χ0v) is 16.2. The van der Waals surface area contributed by atoms with E-state index < -0.39 is 0 Å². The lowest BCUT2D eigenvalue weighted by atomic mass is 9.98. The van der Waals surface area contributed by atoms with Gasteiger partial charge in [0, 0.05) is 16.0 Å². The summed E-state index contributed by atoms with van der Waals surface area (Å²) in [4.78, 5) is 6.00. The number of aryl methyl sites for hydroxylation is 2. The molecule has 0 spiro atoms. The molecule has 0 fully saturated rings. The van der Waals surface area contributed by atoms with Gasteiger partial charge in [-0.2, -0.15) is 0 Å². The van der Waals surface area contributed by atoms with Crippen molar-refractivity contribution in [2.75, 3.05) is 0 Å². The second-order valence-electron chi connectivity index (χ2n) is 5.53. The molecule has 2 aromatic heterocycles. The van der Waals surface area contributed by atoms with Gasteiger partial charge < -0.3 is 17.0 Å². The third-order valence-corrected chi connectivity index (χ3v) is 5.11. The van der Waals surface area contributed by atoms with E-state index in [2.05, 4.69) is 53.6 Å². The maximum absolute atomic E-state index is 4.76. The number of rotatable bonds is 3. The van der Waals surface area contributed by atoms with Gasteiger partial charge in [0.1, 0.15) is 15.8 Å². The third-order valence-electron chi connectivity index (χ3n) is 4.00. The van der Waals surface area contributed by atoms with Gasteiger partial charge in [0.2, 0.25) is 0 Å². The molecule has 25 heavy (non-hydrogen) atoms. The van der Waals surface area contributed by atoms with Crippen molar-refractivity contribution in [2.45, 2.75) is 13.8 Å². The fourth-order valence-electron chi connectivity index (χ4n) is 2.71. The van der Waals surface area contributed by atoms with Crippen molar-refractivity contribution in [1.29, 1.82) is 0 Å². The highest BCUT2D eigenvalue weighted by Gasteiger charge is 2.19. The third kappa shape index (κ3) is 3.25. The molecule has 0 bridgehead atoms. The van der Waals surface area contributed by atoms with Gasteiger partial charge in [0.15, 0.2) is 5.21 Å². The smallest absolute Gasteiger partial charge is 0.293 e. The van der Waals surface area contributed by atoms with Crippen LogP contribution in [0.15, 0.2) is 54.9 Å². The highest BCUT2D eigenvalue weighted by molar-refractivity contribution is 7.15. The molecule has 2 aromatic carbocycles. The van der Waals surface area contributed by atoms with E-state index >= 15 is 0 Å². The number of benzene rings is 2. The topological polar surface area (TPSA) is 58.3 Å². The highest BCUT2D eigenvalue weighted by Crippen LogP contribution is 2.37. The number of aromatic amines is 1. The summed E-state index contributed by atoms with van der Waals surface area (Å²) in [7, 11) is 0. The van der Waals surface area contributed by atoms with Crippen LogP contribution in [0, 0.1) is 13.8 Å². The van der Waals surface area contributed by atoms with Crippen molar-refractivity contribution in [3.63, 3.8) is 0 Å². The van der Waals surface area contributed by atoms with E-state index in [1.807, 2.05) is 28.9 Å². The first-order valence-electron chi connectivity index (χ1n) is 7.65. The normalized spacial score (nSPS) is 10.5. The molecule has 0 radical (unpaired) electrons. The van der Waals surface area contributed by atoms with Crippen LogP contribution in [0.2, 0.25) is 0 Å². The summed E-state index contributed by atoms with van der Waals surface area (Å²) < 4.78 is 1.82. The van der Waals surface area contributed by atoms with Crippen LogP contribution >= 0.6 is 11.3 Å². The van der Waals surface area contributed by atoms with Crippen LogP contribution in [0.1, 0.15) is 10.6 Å². The molecule has 7 heteroatoms. The second-order valence-corrected chi connectivity index (χ2v) is 6.73. The van der Waals surface area contributed by atoms with Gasteiger partial charge in [0.05, 0.1) is 5.69 Å². The molecule has 0 amide bonds. The van der Waals surface area contributed by atoms with E-state index in [9.17, 15) is 0 Å². The van der Waals surface area contributed by atoms with Gasteiger partial charge in [0.25, 0.3) is 6.33 Å². The average molecular weight is 414 g/mol. The molecular weight excluding hydrogens is 398 g/mol. The number of nitrogens with zero attached hydrogens (tertiary/aromatic N) is 4. The quantitative estimate of drug-likeness (QED) is 0.497. The summed E-state index contributed by atoms with van der Waals surface area (Å²) in [6, 6.07) is 16.5. The van der Waals surface area contributed by atoms with Crippen LogP contribution in [-0.2, 0) is 0 Å². The Kier molecular flexibility index (Phi) is 5.06. The number of halogens is 1. The molecule has 0 saturated carbocycles. The standard InChI is InChI=1S/C18H15N5S.BrH/c1-12-13(2)24-18(20-12)15-9-6-10-16(23-11-19-21-22-23)17(15)14-7-4-3-5-8-14;/h3-11H,1-2H3;1H. The minimum Gasteiger partial charge on any atom is -1.00 e. The second kappa shape index (κ2) is 7.25. The Morgan fingerprint density at radius 2 is 1.80 bits per heavy atom. The van der Waals surface area contributed by atoms with Gasteiger partial charge in [-0.1, -0.05) is 47.7 Å². The average Bonchev–Trinajstić information content (AvgIpc) is 3.26. The molecule has 2 heterocycles. The molecular formula is C18H16BrN5S. The number of nitrogens with one attached hydrogen (secondary N) is 1. The molecule has 4 rings (SSSR count). The Labute approximate surface area is 160 Å². The number of hydrogen-bond acceptors (Lipinski definition) is 4. The number of H-pyrrole nitrogens is 1. The fourth-order valence-corrected chi connectivity index (χ4v) is 3.65. The Morgan fingerprint density at radius 1 is 1.00 bits per heavy atom. The molecule has 1 N–H and O–H groups in total. The Bertz CT molecular complexity index is 961. The van der Waals surface area contributed by atoms with Crippen LogP contribution in [-0.4, -0.2) is 20.5 Å². The monoisotopic (exact) mass is 413 g/mol. The lowest BCUT2D eigenvalue weighted by Gasteiger charge is -2.11. The van der Waals surface area contributed by atoms with Crippen molar-refractivity contribution < 1.29 is 21.7 Å². The van der Waals surface area contributed by atoms with E-state index in [0.29, 0.717) is 0 Å². The number of hydrogen-bond donors (Lipinski definition) is 1. The minimum atomic E-state index is 0. The van der Waals surface area contributed by atoms with Crippen LogP contribution in [0.5, 0.6) is 0 Å². The Morgan fingerprint density at radius 3 is 2.44 bits per heavy atom. The first-order chi connectivity index (χ1) is 11.7. The maximum atomic E-state index is 4.76. The van der Waals surface area contributed by atoms with E-state index in [1.165, 1.54) is 4.88 Å². The lowest BCUT2D eigenvalue weighted by Crippen LogP contribution is -3.00. The SMILES string of the molecule is Cc1nc(-c2cccc(-[n+]3cnn[nH]3)c2-c2ccccc2)sc1C.[Br-]. The highest BCUT2D eigenvalue weighted by atomic mass is 79.9. The molecule has 0 aliphatic carbocycles. The molecule has 126 valence electrons. The predicted octanol–water partition coefficient (Wildman–Crippen LogP) is 0.493. The molecule has 0 unspecified atom stereocenters. The van der Waals surface area contributed by atoms with Crippen molar-refractivity contribution >= 4 is 11.3 Å². The molecule has 5 nitrogen and oxygen atoms in total. The van der Waals surface area contributed by atoms with E-state index in [-0.39, 0.29) is 17.0 Å². The molecule has 0 saturated heterocycles. The molecule has 4 aromatic rings. The number of aromatic nitrogens is 5. The van der Waals surface area contributed by atoms with E-state index in [0.717, 1.165) is 33.1 Å². The van der Waals surface area contributed by atoms with Crippen LogP contribution < -0.4 is 21.7 Å². The van der Waals surface area contributed by atoms with Crippen molar-refractivity contribution in [3.05, 3.63) is 65.4 Å². The van der Waals surface area contributed by atoms with Gasteiger partial charge in [-0.15, -0.1) is 16.0 Å². The van der Waals surface area contributed by atoms with Gasteiger partial charge in [-0.25, -0.2) is 4.98 Å². The van der Waals surface area contributed by atoms with E-state index in [1.54, 1.807) is 17.7 Å². The first-order valence-corrected chi connectivity index (χ1v) is 8.46. The van der Waals surface area contributed by atoms with Crippen molar-refractivity contribution in [3.8, 4) is 27.4 Å². The van der Waals surface area contributed by atoms with Crippen LogP contribution in [0.25, 0.3) is 27.4 Å². The largest absolute Gasteiger partial charge is 1.00 e. The Balaban J connectivity index is 0.00000182. The summed E-state index contributed by atoms with van der Waals surface area (Å²) in [5, 5.41) is 11.7. The number of tetrazole rings is 1. The summed E-state index contributed by atoms with van der Waals surface area (Å²) in [6.45, 7) is 4.16. The van der Waals surface area contributed by atoms with Crippen molar-refractivity contribution in [2.24, 2.45) is 0 Å². The van der Waals surface area contributed by atoms with Gasteiger partial charge in [-0.05, 0) is 25.5 Å². The number of thiazole rings is 1. The lowest BCUT2D eigenvalue weighted by molar-refractivity contribution is -0.659. The first kappa shape index (κ1) is 17.4. The minimum absolute atomic E-state index is 0. The maximum Gasteiger partial charge on any atom is 0.293 e. The summed E-state index contributed by atoms with van der Waals surface area (Å²) in [6.07, 6.45) is 1.67. The van der Waals surface area contributed by atoms with Crippen LogP contribution in [0.3, 0.4) is 0 Å². The van der Waals surface area contributed by atoms with Crippen molar-refractivity contribution in [1.82, 2.24) is 20.5 Å². The summed E-state index contributed by atoms with van der Waals surface area (Å²) >= 11 is 1.72. The van der Waals surface area contributed by atoms with E-state index in [4.69, 9.17) is 4.98 Å². The molecule has 0 aliphatic heterocycles. The predicted molar refractivity (Wildman–Crippen MR) is 93.9 cm³/mol. The van der Waals surface area contributed by atoms with Gasteiger partial charge in [-0.3, -0.25) is 0 Å². The zero-order chi connectivity index (χ0) is 16.5. The Hall–Kier alpha value is -2.38. The molecule has 0 aliphatic rings. The zero-order valence-electron chi connectivity index (χ0n) is 13.8. The fraction of sp³-hybridized carbons (Fsp3) is 0.111. The summed E-state index contributed by atoms with van der Waals surface area (Å²) in [5.41, 5.74) is 5.44. The molecule has 0 atom stereocenters. The summed E-state index contributed by atoms with van der Waals surface area (Å²) in [5.74, 6) is 0. The van der Waals surface area contributed by atoms with Gasteiger partial charge >= 0.3 is 0 Å².